The highest BCUT2D eigenvalue weighted by atomic mass is 32.2. The zero-order chi connectivity index (χ0) is 13.5. The summed E-state index contributed by atoms with van der Waals surface area (Å²) in [6.45, 7) is 2.23. The Morgan fingerprint density at radius 1 is 0.833 bits per heavy atom. The number of thiol groups is 2. The third-order valence-electron chi connectivity index (χ3n) is 1.93. The van der Waals surface area contributed by atoms with Crippen LogP contribution in [0.25, 0.3) is 0 Å². The Kier molecular flexibility index (Phi) is 19.9. The summed E-state index contributed by atoms with van der Waals surface area (Å²) in [4.78, 5) is 0. The minimum atomic E-state index is 0.663. The van der Waals surface area contributed by atoms with Gasteiger partial charge in [0.15, 0.2) is 0 Å². The molecule has 0 heterocycles. The molecule has 110 valence electrons. The predicted octanol–water partition coefficient (Wildman–Crippen LogP) is 5.16. The minimum absolute atomic E-state index is 0.663. The fraction of sp³-hybridized carbons (Fsp3) is 1.00. The summed E-state index contributed by atoms with van der Waals surface area (Å²) in [6, 6.07) is 0. The smallest absolute Gasteiger partial charge is 0.0609 e. The molecule has 0 bridgehead atoms. The second kappa shape index (κ2) is 17.5. The van der Waals surface area contributed by atoms with Gasteiger partial charge in [0, 0.05) is 27.4 Å². The number of thioether (sulfide) groups is 5. The number of hydrogen-bond donors (Lipinski definition) is 2. The van der Waals surface area contributed by atoms with E-state index in [2.05, 4.69) is 67.5 Å². The molecule has 0 aliphatic rings. The zero-order valence-corrected chi connectivity index (χ0v) is 16.7. The van der Waals surface area contributed by atoms with Gasteiger partial charge in [0.25, 0.3) is 0 Å². The maximum Gasteiger partial charge on any atom is 0.0609 e. The molecule has 0 fully saturated rings. The van der Waals surface area contributed by atoms with Gasteiger partial charge in [-0.3, -0.25) is 0 Å². The van der Waals surface area contributed by atoms with Crippen molar-refractivity contribution in [2.24, 2.45) is 0 Å². The lowest BCUT2D eigenvalue weighted by Gasteiger charge is -2.13. The molecule has 0 aromatic heterocycles. The third-order valence-corrected chi connectivity index (χ3v) is 8.81. The topological polar surface area (TPSA) is 0 Å². The van der Waals surface area contributed by atoms with Crippen molar-refractivity contribution >= 4 is 84.1 Å². The van der Waals surface area contributed by atoms with E-state index < -0.39 is 0 Å². The fourth-order valence-corrected chi connectivity index (χ4v) is 7.95. The first-order chi connectivity index (χ1) is 8.85. The van der Waals surface area contributed by atoms with E-state index in [1.54, 1.807) is 0 Å². The first-order valence-electron chi connectivity index (χ1n) is 6.03. The summed E-state index contributed by atoms with van der Waals surface area (Å²) in [5, 5.41) is 1.83. The lowest BCUT2D eigenvalue weighted by Crippen LogP contribution is -2.02. The Labute approximate surface area is 145 Å². The van der Waals surface area contributed by atoms with E-state index >= 15 is 0 Å². The molecular formula is C11H24S7. The van der Waals surface area contributed by atoms with Crippen molar-refractivity contribution in [3.05, 3.63) is 0 Å². The largest absolute Gasteiger partial charge is 0.168 e. The second-order valence-corrected chi connectivity index (χ2v) is 11.2. The molecule has 0 saturated carbocycles. The van der Waals surface area contributed by atoms with Gasteiger partial charge in [-0.05, 0) is 23.7 Å². The summed E-state index contributed by atoms with van der Waals surface area (Å²) in [6.07, 6.45) is 1.36. The second-order valence-electron chi connectivity index (χ2n) is 3.26. The van der Waals surface area contributed by atoms with Crippen LogP contribution in [0.4, 0.5) is 0 Å². The molecule has 0 N–H and O–H groups in total. The van der Waals surface area contributed by atoms with Gasteiger partial charge in [0.2, 0.25) is 0 Å². The highest BCUT2D eigenvalue weighted by Gasteiger charge is 2.07. The molecule has 0 atom stereocenters. The van der Waals surface area contributed by atoms with E-state index in [0.717, 1.165) is 10.2 Å². The van der Waals surface area contributed by atoms with Crippen LogP contribution in [0.2, 0.25) is 0 Å². The van der Waals surface area contributed by atoms with Crippen LogP contribution >= 0.6 is 84.1 Å². The molecule has 0 aromatic carbocycles. The van der Waals surface area contributed by atoms with Crippen molar-refractivity contribution in [2.45, 2.75) is 17.9 Å². The van der Waals surface area contributed by atoms with E-state index in [0.29, 0.717) is 4.58 Å². The minimum Gasteiger partial charge on any atom is -0.168 e. The van der Waals surface area contributed by atoms with Crippen LogP contribution in [-0.2, 0) is 0 Å². The molecular weight excluding hydrogens is 357 g/mol. The predicted molar refractivity (Wildman–Crippen MR) is 109 cm³/mol. The molecule has 0 nitrogen and oxygen atoms in total. The van der Waals surface area contributed by atoms with Gasteiger partial charge in [0.05, 0.1) is 4.58 Å². The Balaban J connectivity index is 3.21. The summed E-state index contributed by atoms with van der Waals surface area (Å²) in [5.74, 6) is 7.72. The van der Waals surface area contributed by atoms with Crippen LogP contribution in [0, 0.1) is 0 Å². The van der Waals surface area contributed by atoms with Crippen molar-refractivity contribution in [2.75, 3.05) is 44.7 Å². The van der Waals surface area contributed by atoms with Crippen molar-refractivity contribution < 1.29 is 0 Å². The summed E-state index contributed by atoms with van der Waals surface area (Å²) >= 11 is 18.6. The van der Waals surface area contributed by atoms with E-state index in [1.165, 1.54) is 40.9 Å². The monoisotopic (exact) mass is 380 g/mol. The van der Waals surface area contributed by atoms with E-state index in [9.17, 15) is 0 Å². The Morgan fingerprint density at radius 2 is 1.44 bits per heavy atom. The van der Waals surface area contributed by atoms with Crippen molar-refractivity contribution in [3.8, 4) is 0 Å². The molecule has 0 aliphatic carbocycles. The molecule has 0 spiro atoms. The van der Waals surface area contributed by atoms with E-state index in [4.69, 9.17) is 0 Å². The van der Waals surface area contributed by atoms with Gasteiger partial charge in [-0.2, -0.15) is 60.5 Å². The number of rotatable bonds is 14. The van der Waals surface area contributed by atoms with Gasteiger partial charge in [-0.15, -0.1) is 23.5 Å². The van der Waals surface area contributed by atoms with Crippen LogP contribution < -0.4 is 0 Å². The molecule has 0 aliphatic heterocycles. The third kappa shape index (κ3) is 14.9. The number of hydrogen-bond acceptors (Lipinski definition) is 7. The lowest BCUT2D eigenvalue weighted by atomic mass is 10.6. The standard InChI is InChI=1S/C11H24S7/c1-2-14-4-3-5-15-6-7-16-8-11(17-9-12)18-10-13/h11-13H,2-10H2,1H3. The average Bonchev–Trinajstić information content (AvgIpc) is 2.37. The van der Waals surface area contributed by atoms with Gasteiger partial charge in [-0.25, -0.2) is 0 Å². The Hall–Kier alpha value is 2.45. The molecule has 0 saturated heterocycles. The van der Waals surface area contributed by atoms with Crippen LogP contribution in [0.5, 0.6) is 0 Å². The van der Waals surface area contributed by atoms with Crippen molar-refractivity contribution in [3.63, 3.8) is 0 Å². The van der Waals surface area contributed by atoms with Gasteiger partial charge >= 0.3 is 0 Å². The molecule has 0 aromatic rings. The lowest BCUT2D eigenvalue weighted by molar-refractivity contribution is 1.12. The maximum atomic E-state index is 4.28. The van der Waals surface area contributed by atoms with Gasteiger partial charge in [0.1, 0.15) is 0 Å². The summed E-state index contributed by atoms with van der Waals surface area (Å²) < 4.78 is 0.663. The van der Waals surface area contributed by atoms with Crippen LogP contribution in [-0.4, -0.2) is 49.3 Å². The Bertz CT molecular complexity index is 150. The highest BCUT2D eigenvalue weighted by Crippen LogP contribution is 2.28. The Morgan fingerprint density at radius 3 is 2.06 bits per heavy atom. The SMILES string of the molecule is CCSCCCSCCSCC(SCS)SCS. The summed E-state index contributed by atoms with van der Waals surface area (Å²) in [7, 11) is 0. The zero-order valence-electron chi connectivity index (χ0n) is 10.9. The maximum absolute atomic E-state index is 4.28. The first kappa shape index (κ1) is 20.5. The quantitative estimate of drug-likeness (QED) is 0.242. The van der Waals surface area contributed by atoms with Crippen LogP contribution in [0.15, 0.2) is 0 Å². The van der Waals surface area contributed by atoms with Crippen molar-refractivity contribution in [1.82, 2.24) is 0 Å². The molecule has 0 radical (unpaired) electrons. The first-order valence-corrected chi connectivity index (χ1v) is 12.9. The molecule has 0 amide bonds. The van der Waals surface area contributed by atoms with Crippen molar-refractivity contribution in [1.29, 1.82) is 0 Å². The van der Waals surface area contributed by atoms with Gasteiger partial charge in [-0.1, -0.05) is 6.92 Å². The van der Waals surface area contributed by atoms with Crippen LogP contribution in [0.1, 0.15) is 13.3 Å². The molecule has 0 rings (SSSR count). The average molecular weight is 381 g/mol. The fourth-order valence-electron chi connectivity index (χ4n) is 1.12. The van der Waals surface area contributed by atoms with Gasteiger partial charge < -0.3 is 0 Å². The molecule has 7 heteroatoms. The highest BCUT2D eigenvalue weighted by molar-refractivity contribution is 8.24. The van der Waals surface area contributed by atoms with E-state index in [-0.39, 0.29) is 0 Å². The van der Waals surface area contributed by atoms with Crippen LogP contribution in [0.3, 0.4) is 0 Å². The normalized spacial score (nSPS) is 11.3. The molecule has 0 unspecified atom stereocenters. The summed E-state index contributed by atoms with van der Waals surface area (Å²) in [5.41, 5.74) is 0. The molecule has 18 heavy (non-hydrogen) atoms. The van der Waals surface area contributed by atoms with E-state index in [1.807, 2.05) is 23.5 Å².